The zero-order valence-corrected chi connectivity index (χ0v) is 19.5. The molecule has 1 amide bonds. The molecule has 2 aromatic carbocycles. The number of amides is 1. The van der Waals surface area contributed by atoms with Crippen molar-refractivity contribution in [1.29, 1.82) is 0 Å². The summed E-state index contributed by atoms with van der Waals surface area (Å²) in [5.41, 5.74) is 1.31. The van der Waals surface area contributed by atoms with Crippen molar-refractivity contribution in [2.45, 2.75) is 57.0 Å². The first-order valence-electron chi connectivity index (χ1n) is 10.8. The van der Waals surface area contributed by atoms with Gasteiger partial charge in [0.05, 0.1) is 13.2 Å². The average Bonchev–Trinajstić information content (AvgIpc) is 2.77. The fraction of sp³-hybridized carbons (Fsp3) is 0.458. The van der Waals surface area contributed by atoms with E-state index in [1.54, 1.807) is 12.1 Å². The van der Waals surface area contributed by atoms with Crippen molar-refractivity contribution in [3.63, 3.8) is 0 Å². The molecule has 1 saturated heterocycles. The van der Waals surface area contributed by atoms with Gasteiger partial charge in [-0.15, -0.1) is 0 Å². The van der Waals surface area contributed by atoms with E-state index in [-0.39, 0.29) is 34.6 Å². The second kappa shape index (κ2) is 9.83. The van der Waals surface area contributed by atoms with Crippen LogP contribution in [0.2, 0.25) is 0 Å². The number of carbonyl (C=O) groups is 1. The quantitative estimate of drug-likeness (QED) is 0.687. The van der Waals surface area contributed by atoms with Crippen molar-refractivity contribution in [2.24, 2.45) is 5.92 Å². The molecule has 2 aromatic rings. The van der Waals surface area contributed by atoms with Gasteiger partial charge < -0.3 is 10.1 Å². The Labute approximate surface area is 185 Å². The number of nitrogens with one attached hydrogen (secondary N) is 1. The fourth-order valence-corrected chi connectivity index (χ4v) is 5.98. The predicted octanol–water partition coefficient (Wildman–Crippen LogP) is 4.39. The van der Waals surface area contributed by atoms with Crippen LogP contribution < -0.4 is 10.1 Å². The van der Waals surface area contributed by atoms with E-state index >= 15 is 0 Å². The average molecular weight is 445 g/mol. The number of piperidine rings is 1. The van der Waals surface area contributed by atoms with E-state index in [1.165, 1.54) is 17.5 Å². The molecule has 1 N–H and O–H groups in total. The minimum atomic E-state index is -3.78. The summed E-state index contributed by atoms with van der Waals surface area (Å²) in [6, 6.07) is 14.1. The van der Waals surface area contributed by atoms with Crippen LogP contribution in [0.4, 0.5) is 0 Å². The summed E-state index contributed by atoms with van der Waals surface area (Å²) in [4.78, 5) is 13.1. The second-order valence-electron chi connectivity index (χ2n) is 8.43. The molecule has 2 unspecified atom stereocenters. The molecule has 1 aliphatic heterocycles. The van der Waals surface area contributed by atoms with Crippen molar-refractivity contribution < 1.29 is 17.9 Å². The molecule has 1 fully saturated rings. The first-order valence-corrected chi connectivity index (χ1v) is 12.3. The number of hydrogen-bond acceptors (Lipinski definition) is 4. The molecule has 3 rings (SSSR count). The number of carbonyl (C=O) groups excluding carboxylic acids is 1. The van der Waals surface area contributed by atoms with Crippen LogP contribution >= 0.6 is 0 Å². The van der Waals surface area contributed by atoms with E-state index in [4.69, 9.17) is 4.74 Å². The maximum absolute atomic E-state index is 13.4. The Kier molecular flexibility index (Phi) is 7.38. The molecule has 0 spiro atoms. The minimum Gasteiger partial charge on any atom is -0.495 e. The Morgan fingerprint density at radius 3 is 2.45 bits per heavy atom. The van der Waals surface area contributed by atoms with Gasteiger partial charge in [-0.25, -0.2) is 8.42 Å². The van der Waals surface area contributed by atoms with E-state index in [0.717, 1.165) is 24.8 Å². The highest BCUT2D eigenvalue weighted by atomic mass is 32.2. The molecule has 31 heavy (non-hydrogen) atoms. The number of hydrogen-bond donors (Lipinski definition) is 1. The molecule has 168 valence electrons. The Morgan fingerprint density at radius 1 is 1.13 bits per heavy atom. The van der Waals surface area contributed by atoms with E-state index in [1.807, 2.05) is 51.1 Å². The normalized spacial score (nSPS) is 18.5. The smallest absolute Gasteiger partial charge is 0.251 e. The molecule has 1 heterocycles. The largest absolute Gasteiger partial charge is 0.495 e. The number of rotatable bonds is 7. The summed E-state index contributed by atoms with van der Waals surface area (Å²) in [5.74, 6) is 0.105. The van der Waals surface area contributed by atoms with Gasteiger partial charge in [-0.1, -0.05) is 50.6 Å². The van der Waals surface area contributed by atoms with Crippen LogP contribution in [0.3, 0.4) is 0 Å². The standard InChI is InChI=1S/C24H32N2O4S/c1-17(2)23(19-11-6-5-7-12-19)25-24(27)20-13-14-21(30-4)22(16-20)31(28,29)26-15-9-8-10-18(26)3/h5-7,11-14,16-18,23H,8-10,15H2,1-4H3,(H,25,27). The van der Waals surface area contributed by atoms with Crippen LogP contribution in [-0.2, 0) is 10.0 Å². The van der Waals surface area contributed by atoms with Crippen molar-refractivity contribution in [3.8, 4) is 5.75 Å². The topological polar surface area (TPSA) is 75.7 Å². The maximum Gasteiger partial charge on any atom is 0.251 e. The highest BCUT2D eigenvalue weighted by molar-refractivity contribution is 7.89. The van der Waals surface area contributed by atoms with Gasteiger partial charge in [-0.3, -0.25) is 4.79 Å². The number of sulfonamides is 1. The molecule has 0 aromatic heterocycles. The van der Waals surface area contributed by atoms with Crippen molar-refractivity contribution in [3.05, 3.63) is 59.7 Å². The summed E-state index contributed by atoms with van der Waals surface area (Å²) < 4.78 is 33.7. The summed E-state index contributed by atoms with van der Waals surface area (Å²) in [5, 5.41) is 3.07. The van der Waals surface area contributed by atoms with Crippen molar-refractivity contribution in [1.82, 2.24) is 9.62 Å². The van der Waals surface area contributed by atoms with Crippen LogP contribution in [0.15, 0.2) is 53.4 Å². The van der Waals surface area contributed by atoms with E-state index < -0.39 is 10.0 Å². The van der Waals surface area contributed by atoms with Gasteiger partial charge in [0.2, 0.25) is 10.0 Å². The first kappa shape index (κ1) is 23.3. The molecule has 1 aliphatic rings. The number of benzene rings is 2. The lowest BCUT2D eigenvalue weighted by molar-refractivity contribution is 0.0925. The third kappa shape index (κ3) is 5.10. The van der Waals surface area contributed by atoms with Crippen LogP contribution in [0, 0.1) is 5.92 Å². The Hall–Kier alpha value is -2.38. The third-order valence-electron chi connectivity index (χ3n) is 5.87. The van der Waals surface area contributed by atoms with Crippen molar-refractivity contribution in [2.75, 3.05) is 13.7 Å². The maximum atomic E-state index is 13.4. The summed E-state index contributed by atoms with van der Waals surface area (Å²) in [7, 11) is -2.34. The van der Waals surface area contributed by atoms with Gasteiger partial charge in [0.25, 0.3) is 5.91 Å². The Morgan fingerprint density at radius 2 is 1.84 bits per heavy atom. The number of ether oxygens (including phenoxy) is 1. The zero-order chi connectivity index (χ0) is 22.6. The molecular formula is C24H32N2O4S. The molecule has 7 heteroatoms. The van der Waals surface area contributed by atoms with Crippen molar-refractivity contribution >= 4 is 15.9 Å². The first-order chi connectivity index (χ1) is 14.8. The van der Waals surface area contributed by atoms with Crippen LogP contribution in [0.1, 0.15) is 62.0 Å². The fourth-order valence-electron chi connectivity index (χ4n) is 4.09. The van der Waals surface area contributed by atoms with Gasteiger partial charge >= 0.3 is 0 Å². The lowest BCUT2D eigenvalue weighted by Crippen LogP contribution is -2.42. The zero-order valence-electron chi connectivity index (χ0n) is 18.7. The minimum absolute atomic E-state index is 0.0391. The van der Waals surface area contributed by atoms with Gasteiger partial charge in [0.15, 0.2) is 0 Å². The highest BCUT2D eigenvalue weighted by Crippen LogP contribution is 2.32. The molecule has 2 atom stereocenters. The van der Waals surface area contributed by atoms with E-state index in [2.05, 4.69) is 5.32 Å². The highest BCUT2D eigenvalue weighted by Gasteiger charge is 2.33. The predicted molar refractivity (Wildman–Crippen MR) is 122 cm³/mol. The van der Waals surface area contributed by atoms with Crippen LogP contribution in [0.25, 0.3) is 0 Å². The molecule has 0 bridgehead atoms. The molecule has 6 nitrogen and oxygen atoms in total. The second-order valence-corrected chi connectivity index (χ2v) is 10.3. The van der Waals surface area contributed by atoms with Gasteiger partial charge in [-0.05, 0) is 49.4 Å². The Balaban J connectivity index is 1.93. The van der Waals surface area contributed by atoms with Crippen LogP contribution in [0.5, 0.6) is 5.75 Å². The summed E-state index contributed by atoms with van der Waals surface area (Å²) >= 11 is 0. The SMILES string of the molecule is COc1ccc(C(=O)NC(c2ccccc2)C(C)C)cc1S(=O)(=O)N1CCCCC1C. The third-order valence-corrected chi connectivity index (χ3v) is 7.90. The molecule has 0 radical (unpaired) electrons. The lowest BCUT2D eigenvalue weighted by atomic mass is 9.95. The van der Waals surface area contributed by atoms with E-state index in [0.29, 0.717) is 12.1 Å². The number of nitrogens with zero attached hydrogens (tertiary/aromatic N) is 1. The molecular weight excluding hydrogens is 412 g/mol. The van der Waals surface area contributed by atoms with Gasteiger partial charge in [0, 0.05) is 18.2 Å². The van der Waals surface area contributed by atoms with Crippen LogP contribution in [-0.4, -0.2) is 38.3 Å². The summed E-state index contributed by atoms with van der Waals surface area (Å²) in [6.45, 7) is 6.48. The Bertz CT molecular complexity index is 1010. The van der Waals surface area contributed by atoms with E-state index in [9.17, 15) is 13.2 Å². The molecule has 0 saturated carbocycles. The number of methoxy groups -OCH3 is 1. The monoisotopic (exact) mass is 444 g/mol. The lowest BCUT2D eigenvalue weighted by Gasteiger charge is -2.32. The molecule has 0 aliphatic carbocycles. The van der Waals surface area contributed by atoms with Gasteiger partial charge in [-0.2, -0.15) is 4.31 Å². The summed E-state index contributed by atoms with van der Waals surface area (Å²) in [6.07, 6.45) is 2.68. The van der Waals surface area contributed by atoms with Gasteiger partial charge in [0.1, 0.15) is 10.6 Å².